The van der Waals surface area contributed by atoms with Crippen LogP contribution >= 0.6 is 0 Å². The van der Waals surface area contributed by atoms with E-state index in [0.717, 1.165) is 25.6 Å². The average Bonchev–Trinajstić information content (AvgIpc) is 3.04. The van der Waals surface area contributed by atoms with Gasteiger partial charge in [0.1, 0.15) is 11.4 Å². The van der Waals surface area contributed by atoms with Crippen molar-refractivity contribution in [2.45, 2.75) is 12.5 Å². The SMILES string of the molecule is COc1cc(F)c([N+](=O)[O-])c(N2CCC(N3CCOCC3)C2)c1. The Morgan fingerprint density at radius 2 is 2.09 bits per heavy atom. The number of nitro groups is 1. The maximum atomic E-state index is 14.1. The molecule has 2 aliphatic rings. The molecule has 1 unspecified atom stereocenters. The zero-order valence-electron chi connectivity index (χ0n) is 13.0. The minimum Gasteiger partial charge on any atom is -0.497 e. The van der Waals surface area contributed by atoms with E-state index in [-0.39, 0.29) is 5.75 Å². The number of rotatable bonds is 4. The van der Waals surface area contributed by atoms with Crippen LogP contribution in [0.15, 0.2) is 12.1 Å². The maximum Gasteiger partial charge on any atom is 0.328 e. The summed E-state index contributed by atoms with van der Waals surface area (Å²) < 4.78 is 24.5. The van der Waals surface area contributed by atoms with Crippen LogP contribution in [0.25, 0.3) is 0 Å². The Morgan fingerprint density at radius 3 is 2.74 bits per heavy atom. The van der Waals surface area contributed by atoms with Gasteiger partial charge in [-0.05, 0) is 6.42 Å². The summed E-state index contributed by atoms with van der Waals surface area (Å²) in [6.45, 7) is 4.47. The molecule has 2 aliphatic heterocycles. The zero-order valence-corrected chi connectivity index (χ0v) is 13.0. The first kappa shape index (κ1) is 15.9. The van der Waals surface area contributed by atoms with Gasteiger partial charge in [0.15, 0.2) is 0 Å². The highest BCUT2D eigenvalue weighted by Crippen LogP contribution is 2.37. The van der Waals surface area contributed by atoms with Crippen LogP contribution in [0, 0.1) is 15.9 Å². The van der Waals surface area contributed by atoms with Gasteiger partial charge < -0.3 is 14.4 Å². The number of hydrogen-bond donors (Lipinski definition) is 0. The molecule has 0 aromatic heterocycles. The van der Waals surface area contributed by atoms with Crippen LogP contribution in [-0.2, 0) is 4.74 Å². The molecule has 3 rings (SSSR count). The lowest BCUT2D eigenvalue weighted by Crippen LogP contribution is -2.44. The summed E-state index contributed by atoms with van der Waals surface area (Å²) in [5.74, 6) is -0.572. The lowest BCUT2D eigenvalue weighted by molar-refractivity contribution is -0.386. The van der Waals surface area contributed by atoms with Crippen molar-refractivity contribution in [1.29, 1.82) is 0 Å². The summed E-state index contributed by atoms with van der Waals surface area (Å²) >= 11 is 0. The van der Waals surface area contributed by atoms with Crippen molar-refractivity contribution in [1.82, 2.24) is 4.90 Å². The number of methoxy groups -OCH3 is 1. The molecule has 2 fully saturated rings. The highest BCUT2D eigenvalue weighted by Gasteiger charge is 2.33. The molecule has 0 bridgehead atoms. The van der Waals surface area contributed by atoms with E-state index >= 15 is 0 Å². The number of halogens is 1. The minimum atomic E-state index is -0.862. The Morgan fingerprint density at radius 1 is 1.35 bits per heavy atom. The van der Waals surface area contributed by atoms with Crippen molar-refractivity contribution < 1.29 is 18.8 Å². The number of hydrogen-bond acceptors (Lipinski definition) is 6. The Kier molecular flexibility index (Phi) is 4.63. The van der Waals surface area contributed by atoms with Gasteiger partial charge in [-0.2, -0.15) is 4.39 Å². The molecule has 1 aromatic rings. The quantitative estimate of drug-likeness (QED) is 0.619. The van der Waals surface area contributed by atoms with Crippen molar-refractivity contribution in [3.05, 3.63) is 28.1 Å². The number of anilines is 1. The second kappa shape index (κ2) is 6.67. The molecule has 0 N–H and O–H groups in total. The molecule has 8 heteroatoms. The van der Waals surface area contributed by atoms with E-state index in [4.69, 9.17) is 9.47 Å². The van der Waals surface area contributed by atoms with Gasteiger partial charge in [-0.3, -0.25) is 15.0 Å². The van der Waals surface area contributed by atoms with Crippen LogP contribution in [0.1, 0.15) is 6.42 Å². The van der Waals surface area contributed by atoms with Crippen LogP contribution in [0.2, 0.25) is 0 Å². The van der Waals surface area contributed by atoms with E-state index in [1.54, 1.807) is 6.07 Å². The minimum absolute atomic E-state index is 0.290. The molecule has 2 heterocycles. The molecule has 0 amide bonds. The molecular weight excluding hydrogens is 305 g/mol. The second-order valence-corrected chi connectivity index (χ2v) is 5.77. The maximum absolute atomic E-state index is 14.1. The van der Waals surface area contributed by atoms with Gasteiger partial charge in [-0.25, -0.2) is 0 Å². The summed E-state index contributed by atoms with van der Waals surface area (Å²) in [6.07, 6.45) is 0.899. The van der Waals surface area contributed by atoms with Gasteiger partial charge in [0.2, 0.25) is 5.82 Å². The van der Waals surface area contributed by atoms with Crippen LogP contribution in [0.4, 0.5) is 15.8 Å². The largest absolute Gasteiger partial charge is 0.497 e. The lowest BCUT2D eigenvalue weighted by atomic mass is 10.2. The first-order valence-corrected chi connectivity index (χ1v) is 7.69. The molecule has 0 spiro atoms. The predicted octanol–water partition coefficient (Wildman–Crippen LogP) is 1.65. The molecule has 126 valence electrons. The third-order valence-electron chi connectivity index (χ3n) is 4.50. The third-order valence-corrected chi connectivity index (χ3v) is 4.50. The van der Waals surface area contributed by atoms with Crippen LogP contribution in [0.5, 0.6) is 5.75 Å². The second-order valence-electron chi connectivity index (χ2n) is 5.77. The Hall–Kier alpha value is -1.93. The van der Waals surface area contributed by atoms with Crippen molar-refractivity contribution in [2.24, 2.45) is 0 Å². The van der Waals surface area contributed by atoms with Gasteiger partial charge in [0, 0.05) is 44.4 Å². The molecule has 7 nitrogen and oxygen atoms in total. The molecule has 0 saturated carbocycles. The third kappa shape index (κ3) is 3.23. The van der Waals surface area contributed by atoms with E-state index < -0.39 is 16.4 Å². The number of nitro benzene ring substituents is 1. The number of nitrogens with zero attached hydrogens (tertiary/aromatic N) is 3. The Labute approximate surface area is 133 Å². The summed E-state index contributed by atoms with van der Waals surface area (Å²) in [5.41, 5.74) is -0.184. The lowest BCUT2D eigenvalue weighted by Gasteiger charge is -2.32. The Bertz CT molecular complexity index is 592. The standard InChI is InChI=1S/C15H20FN3O4/c1-22-12-8-13(16)15(19(20)21)14(9-12)18-3-2-11(10-18)17-4-6-23-7-5-17/h8-9,11H,2-7,10H2,1H3. The summed E-state index contributed by atoms with van der Waals surface area (Å²) in [5, 5.41) is 11.3. The fourth-order valence-electron chi connectivity index (χ4n) is 3.30. The van der Waals surface area contributed by atoms with Gasteiger partial charge in [0.05, 0.1) is 25.2 Å². The summed E-state index contributed by atoms with van der Waals surface area (Å²) in [4.78, 5) is 14.8. The number of morpholine rings is 1. The van der Waals surface area contributed by atoms with Gasteiger partial charge in [0.25, 0.3) is 0 Å². The molecular formula is C15H20FN3O4. The van der Waals surface area contributed by atoms with E-state index in [1.807, 2.05) is 4.90 Å². The van der Waals surface area contributed by atoms with Crippen molar-refractivity contribution in [3.8, 4) is 5.75 Å². The average molecular weight is 325 g/mol. The molecule has 2 saturated heterocycles. The predicted molar refractivity (Wildman–Crippen MR) is 82.6 cm³/mol. The first-order valence-electron chi connectivity index (χ1n) is 7.69. The summed E-state index contributed by atoms with van der Waals surface area (Å²) in [6, 6.07) is 2.91. The smallest absolute Gasteiger partial charge is 0.328 e. The number of benzene rings is 1. The van der Waals surface area contributed by atoms with Crippen LogP contribution in [0.3, 0.4) is 0 Å². The topological polar surface area (TPSA) is 68.1 Å². The van der Waals surface area contributed by atoms with Crippen LogP contribution < -0.4 is 9.64 Å². The fraction of sp³-hybridized carbons (Fsp3) is 0.600. The van der Waals surface area contributed by atoms with Crippen molar-refractivity contribution in [3.63, 3.8) is 0 Å². The summed E-state index contributed by atoms with van der Waals surface area (Å²) in [7, 11) is 1.42. The van der Waals surface area contributed by atoms with Gasteiger partial charge in [-0.15, -0.1) is 0 Å². The molecule has 1 atom stereocenters. The van der Waals surface area contributed by atoms with E-state index in [9.17, 15) is 14.5 Å². The van der Waals surface area contributed by atoms with E-state index in [2.05, 4.69) is 4.90 Å². The first-order chi connectivity index (χ1) is 11.1. The zero-order chi connectivity index (χ0) is 16.4. The molecule has 23 heavy (non-hydrogen) atoms. The Balaban J connectivity index is 1.83. The molecule has 0 radical (unpaired) electrons. The fourth-order valence-corrected chi connectivity index (χ4v) is 3.30. The molecule has 0 aliphatic carbocycles. The van der Waals surface area contributed by atoms with Crippen molar-refractivity contribution >= 4 is 11.4 Å². The van der Waals surface area contributed by atoms with E-state index in [0.29, 0.717) is 38.0 Å². The van der Waals surface area contributed by atoms with Crippen molar-refractivity contribution in [2.75, 3.05) is 51.4 Å². The normalized spacial score (nSPS) is 22.3. The van der Waals surface area contributed by atoms with Crippen LogP contribution in [-0.4, -0.2) is 62.4 Å². The monoisotopic (exact) mass is 325 g/mol. The number of ether oxygens (including phenoxy) is 2. The van der Waals surface area contributed by atoms with Gasteiger partial charge >= 0.3 is 5.69 Å². The van der Waals surface area contributed by atoms with E-state index in [1.165, 1.54) is 7.11 Å². The molecule has 1 aromatic carbocycles. The highest BCUT2D eigenvalue weighted by atomic mass is 19.1. The highest BCUT2D eigenvalue weighted by molar-refractivity contribution is 5.67. The van der Waals surface area contributed by atoms with Gasteiger partial charge in [-0.1, -0.05) is 0 Å².